The maximum absolute atomic E-state index is 12.7. The minimum absolute atomic E-state index is 0.0448. The fraction of sp³-hybridized carbons (Fsp3) is 0.476. The summed E-state index contributed by atoms with van der Waals surface area (Å²) in [7, 11) is 0. The van der Waals surface area contributed by atoms with Crippen molar-refractivity contribution in [2.45, 2.75) is 24.9 Å². The van der Waals surface area contributed by atoms with E-state index < -0.39 is 0 Å². The molecule has 1 amide bonds. The van der Waals surface area contributed by atoms with Gasteiger partial charge in [-0.05, 0) is 44.0 Å². The zero-order valence-electron chi connectivity index (χ0n) is 14.9. The molecule has 1 aromatic carbocycles. The van der Waals surface area contributed by atoms with Crippen LogP contribution >= 0.6 is 0 Å². The Morgan fingerprint density at radius 1 is 1.16 bits per heavy atom. The highest BCUT2D eigenvalue weighted by Gasteiger charge is 2.43. The Hall–Kier alpha value is -1.91. The number of nitrogens with zero attached hydrogens (tertiary/aromatic N) is 2. The Morgan fingerprint density at radius 3 is 2.40 bits per heavy atom. The molecular weight excluding hydrogens is 310 g/mol. The van der Waals surface area contributed by atoms with E-state index in [2.05, 4.69) is 28.3 Å². The van der Waals surface area contributed by atoms with Crippen molar-refractivity contribution in [1.29, 1.82) is 0 Å². The summed E-state index contributed by atoms with van der Waals surface area (Å²) in [6.07, 6.45) is 6.24. The molecule has 4 heteroatoms. The van der Waals surface area contributed by atoms with E-state index in [1.54, 1.807) is 0 Å². The lowest BCUT2D eigenvalue weighted by Crippen LogP contribution is -2.66. The van der Waals surface area contributed by atoms with Gasteiger partial charge in [0.05, 0.1) is 0 Å². The first kappa shape index (κ1) is 17.9. The van der Waals surface area contributed by atoms with Crippen LogP contribution in [0.2, 0.25) is 0 Å². The van der Waals surface area contributed by atoms with E-state index >= 15 is 0 Å². The fourth-order valence-electron chi connectivity index (χ4n) is 4.27. The molecule has 3 aliphatic heterocycles. The van der Waals surface area contributed by atoms with Crippen LogP contribution in [0.5, 0.6) is 0 Å². The van der Waals surface area contributed by atoms with Gasteiger partial charge in [-0.2, -0.15) is 0 Å². The molecule has 3 heterocycles. The van der Waals surface area contributed by atoms with E-state index in [1.807, 2.05) is 42.5 Å². The highest BCUT2D eigenvalue weighted by Crippen LogP contribution is 2.33. The van der Waals surface area contributed by atoms with Crippen molar-refractivity contribution in [2.24, 2.45) is 5.92 Å². The quantitative estimate of drug-likeness (QED) is 0.740. The highest BCUT2D eigenvalue weighted by atomic mass is 16.1. The minimum Gasteiger partial charge on any atom is -0.347 e. The van der Waals surface area contributed by atoms with Gasteiger partial charge >= 0.3 is 0 Å². The van der Waals surface area contributed by atoms with Gasteiger partial charge in [0.1, 0.15) is 0 Å². The van der Waals surface area contributed by atoms with Crippen LogP contribution in [0.3, 0.4) is 0 Å². The molecule has 0 radical (unpaired) electrons. The van der Waals surface area contributed by atoms with Crippen molar-refractivity contribution in [3.63, 3.8) is 0 Å². The molecule has 0 spiro atoms. The first-order valence-corrected chi connectivity index (χ1v) is 9.27. The summed E-state index contributed by atoms with van der Waals surface area (Å²) in [4.78, 5) is 17.6. The smallest absolute Gasteiger partial charge is 0.251 e. The Labute approximate surface area is 151 Å². The van der Waals surface area contributed by atoms with Gasteiger partial charge in [-0.1, -0.05) is 30.4 Å². The minimum atomic E-state index is 0.0448. The van der Waals surface area contributed by atoms with Crippen LogP contribution in [0, 0.1) is 5.92 Å². The van der Waals surface area contributed by atoms with Crippen LogP contribution < -0.4 is 5.32 Å². The number of benzene rings is 1. The average Bonchev–Trinajstić information content (AvgIpc) is 2.65. The Morgan fingerprint density at radius 2 is 1.80 bits per heavy atom. The van der Waals surface area contributed by atoms with E-state index in [-0.39, 0.29) is 11.9 Å². The first-order valence-electron chi connectivity index (χ1n) is 9.27. The van der Waals surface area contributed by atoms with Crippen molar-refractivity contribution < 1.29 is 4.79 Å². The molecule has 1 N–H and O–H groups in total. The number of fused-ring (bicyclic) bond motifs is 3. The molecule has 0 saturated carbocycles. The van der Waals surface area contributed by atoms with Gasteiger partial charge in [0, 0.05) is 37.3 Å². The van der Waals surface area contributed by atoms with Crippen LogP contribution in [0.15, 0.2) is 55.6 Å². The number of hydrogen-bond donors (Lipinski definition) is 1. The Kier molecular flexibility index (Phi) is 6.05. The molecule has 4 nitrogen and oxygen atoms in total. The maximum Gasteiger partial charge on any atom is 0.251 e. The number of piperidine rings is 3. The van der Waals surface area contributed by atoms with E-state index in [0.717, 1.165) is 38.3 Å². The highest BCUT2D eigenvalue weighted by molar-refractivity contribution is 5.94. The maximum atomic E-state index is 12.7. The second-order valence-corrected chi connectivity index (χ2v) is 7.10. The summed E-state index contributed by atoms with van der Waals surface area (Å²) in [6, 6.07) is 10.1. The van der Waals surface area contributed by atoms with Gasteiger partial charge in [0.15, 0.2) is 0 Å². The van der Waals surface area contributed by atoms with E-state index in [4.69, 9.17) is 0 Å². The molecule has 134 valence electrons. The van der Waals surface area contributed by atoms with Crippen molar-refractivity contribution in [2.75, 3.05) is 32.7 Å². The zero-order valence-corrected chi connectivity index (χ0v) is 14.9. The molecular formula is C21H29N3O. The molecule has 2 atom stereocenters. The molecule has 2 bridgehead atoms. The molecule has 3 aliphatic rings. The second-order valence-electron chi connectivity index (χ2n) is 7.10. The van der Waals surface area contributed by atoms with E-state index in [0.29, 0.717) is 12.0 Å². The average molecular weight is 339 g/mol. The number of amides is 1. The third kappa shape index (κ3) is 4.20. The van der Waals surface area contributed by atoms with Crippen LogP contribution in [-0.2, 0) is 0 Å². The second kappa shape index (κ2) is 8.45. The number of carbonyl (C=O) groups excluding carboxylic acids is 1. The zero-order chi connectivity index (χ0) is 17.6. The molecule has 1 aromatic rings. The predicted molar refractivity (Wildman–Crippen MR) is 103 cm³/mol. The van der Waals surface area contributed by atoms with Crippen molar-refractivity contribution >= 4 is 5.91 Å². The van der Waals surface area contributed by atoms with Gasteiger partial charge in [-0.25, -0.2) is 0 Å². The van der Waals surface area contributed by atoms with Gasteiger partial charge in [-0.15, -0.1) is 13.2 Å². The van der Waals surface area contributed by atoms with Crippen molar-refractivity contribution in [3.8, 4) is 0 Å². The molecule has 0 aromatic heterocycles. The largest absolute Gasteiger partial charge is 0.347 e. The third-order valence-electron chi connectivity index (χ3n) is 5.52. The topological polar surface area (TPSA) is 35.6 Å². The van der Waals surface area contributed by atoms with Crippen LogP contribution in [0.25, 0.3) is 0 Å². The molecule has 25 heavy (non-hydrogen) atoms. The SMILES string of the molecule is C=CCN(CC=C)CC1C(NC(=O)c2ccccc2)C2CCN1CC2. The lowest BCUT2D eigenvalue weighted by atomic mass is 9.78. The molecule has 3 fully saturated rings. The monoisotopic (exact) mass is 339 g/mol. The van der Waals surface area contributed by atoms with Gasteiger partial charge in [-0.3, -0.25) is 14.6 Å². The molecule has 2 unspecified atom stereocenters. The summed E-state index contributed by atoms with van der Waals surface area (Å²) in [5.41, 5.74) is 0.742. The standard InChI is InChI=1S/C21H29N3O/c1-3-12-23(13-4-2)16-19-20(17-10-14-24(19)15-11-17)22-21(25)18-8-6-5-7-9-18/h3-9,17,19-20H,1-2,10-16H2,(H,22,25). The van der Waals surface area contributed by atoms with Gasteiger partial charge in [0.25, 0.3) is 5.91 Å². The lowest BCUT2D eigenvalue weighted by Gasteiger charge is -2.52. The number of hydrogen-bond acceptors (Lipinski definition) is 3. The van der Waals surface area contributed by atoms with Gasteiger partial charge in [0.2, 0.25) is 0 Å². The Bertz CT molecular complexity index is 582. The number of carbonyl (C=O) groups is 1. The predicted octanol–water partition coefficient (Wildman–Crippen LogP) is 2.55. The third-order valence-corrected chi connectivity index (χ3v) is 5.52. The summed E-state index contributed by atoms with van der Waals surface area (Å²) < 4.78 is 0. The van der Waals surface area contributed by atoms with E-state index in [9.17, 15) is 4.79 Å². The van der Waals surface area contributed by atoms with E-state index in [1.165, 1.54) is 12.8 Å². The van der Waals surface area contributed by atoms with Crippen molar-refractivity contribution in [1.82, 2.24) is 15.1 Å². The summed E-state index contributed by atoms with van der Waals surface area (Å²) in [5, 5.41) is 3.35. The number of rotatable bonds is 8. The summed E-state index contributed by atoms with van der Waals surface area (Å²) in [5.74, 6) is 0.625. The fourth-order valence-corrected chi connectivity index (χ4v) is 4.27. The van der Waals surface area contributed by atoms with Crippen LogP contribution in [0.4, 0.5) is 0 Å². The Balaban J connectivity index is 1.73. The van der Waals surface area contributed by atoms with Gasteiger partial charge < -0.3 is 5.32 Å². The van der Waals surface area contributed by atoms with Crippen LogP contribution in [0.1, 0.15) is 23.2 Å². The molecule has 3 saturated heterocycles. The lowest BCUT2D eigenvalue weighted by molar-refractivity contribution is -0.0000955. The number of nitrogens with one attached hydrogen (secondary N) is 1. The van der Waals surface area contributed by atoms with Crippen LogP contribution in [-0.4, -0.2) is 60.5 Å². The normalized spacial score (nSPS) is 27.9. The summed E-state index contributed by atoms with van der Waals surface area (Å²) >= 11 is 0. The first-order chi connectivity index (χ1) is 12.2. The molecule has 0 aliphatic carbocycles. The van der Waals surface area contributed by atoms with Crippen molar-refractivity contribution in [3.05, 3.63) is 61.2 Å². The summed E-state index contributed by atoms with van der Waals surface area (Å²) in [6.45, 7) is 12.7. The molecule has 4 rings (SSSR count).